The van der Waals surface area contributed by atoms with Crippen LogP contribution in [0.5, 0.6) is 0 Å². The molecule has 2 saturated heterocycles. The first-order chi connectivity index (χ1) is 13.6. The summed E-state index contributed by atoms with van der Waals surface area (Å²) >= 11 is 0. The molecule has 0 aromatic heterocycles. The van der Waals surface area contributed by atoms with Gasteiger partial charge in [0.1, 0.15) is 17.2 Å². The van der Waals surface area contributed by atoms with Crippen LogP contribution < -0.4 is 0 Å². The summed E-state index contributed by atoms with van der Waals surface area (Å²) in [6.07, 6.45) is 1.59. The van der Waals surface area contributed by atoms with Gasteiger partial charge in [-0.15, -0.1) is 0 Å². The molecule has 2 aliphatic heterocycles. The Morgan fingerprint density at radius 1 is 0.964 bits per heavy atom. The van der Waals surface area contributed by atoms with E-state index in [1.165, 1.54) is 16.5 Å². The summed E-state index contributed by atoms with van der Waals surface area (Å²) in [5.41, 5.74) is 0.374. The predicted molar refractivity (Wildman–Crippen MR) is 102 cm³/mol. The highest BCUT2D eigenvalue weighted by Gasteiger charge is 2.41. The van der Waals surface area contributed by atoms with Crippen molar-refractivity contribution in [2.45, 2.75) is 25.0 Å². The highest BCUT2D eigenvalue weighted by molar-refractivity contribution is 5.94. The molecule has 0 aliphatic carbocycles. The van der Waals surface area contributed by atoms with Crippen molar-refractivity contribution in [3.8, 4) is 0 Å². The number of piperidine rings is 1. The Kier molecular flexibility index (Phi) is 5.42. The van der Waals surface area contributed by atoms with E-state index in [1.807, 2.05) is 18.2 Å². The third-order valence-electron chi connectivity index (χ3n) is 5.73. The molecule has 6 heteroatoms. The van der Waals surface area contributed by atoms with Crippen molar-refractivity contribution in [2.75, 3.05) is 32.8 Å². The lowest BCUT2D eigenvalue weighted by Gasteiger charge is -2.47. The van der Waals surface area contributed by atoms with Crippen LogP contribution in [0.3, 0.4) is 0 Å². The maximum Gasteiger partial charge on any atom is 0.260 e. The summed E-state index contributed by atoms with van der Waals surface area (Å²) in [5.74, 6) is -2.23. The van der Waals surface area contributed by atoms with E-state index in [0.717, 1.165) is 44.6 Å². The van der Waals surface area contributed by atoms with Crippen molar-refractivity contribution in [3.05, 3.63) is 71.3 Å². The SMILES string of the molecule is O=C(c1c(F)cccc1F)N1CCOC2(CCN(Cc3ccccc3)CC2)C1. The largest absolute Gasteiger partial charge is 0.371 e. The molecule has 2 heterocycles. The van der Waals surface area contributed by atoms with Gasteiger partial charge in [0.15, 0.2) is 0 Å². The number of carbonyl (C=O) groups excluding carboxylic acids is 1. The van der Waals surface area contributed by atoms with Crippen molar-refractivity contribution in [1.82, 2.24) is 9.80 Å². The average molecular weight is 386 g/mol. The van der Waals surface area contributed by atoms with Crippen LogP contribution in [-0.4, -0.2) is 54.1 Å². The minimum Gasteiger partial charge on any atom is -0.371 e. The Balaban J connectivity index is 1.41. The number of morpholine rings is 1. The van der Waals surface area contributed by atoms with Crippen LogP contribution in [-0.2, 0) is 11.3 Å². The molecule has 4 nitrogen and oxygen atoms in total. The van der Waals surface area contributed by atoms with E-state index in [4.69, 9.17) is 4.74 Å². The Hall–Kier alpha value is -2.31. The molecule has 0 unspecified atom stereocenters. The zero-order valence-electron chi connectivity index (χ0n) is 15.7. The Morgan fingerprint density at radius 3 is 2.32 bits per heavy atom. The van der Waals surface area contributed by atoms with E-state index in [0.29, 0.717) is 19.7 Å². The molecule has 148 valence electrons. The standard InChI is InChI=1S/C22H24F2N2O2/c23-18-7-4-8-19(24)20(18)21(27)26-13-14-28-22(16-26)9-11-25(12-10-22)15-17-5-2-1-3-6-17/h1-8H,9-16H2. The van der Waals surface area contributed by atoms with Crippen LogP contribution in [0.25, 0.3) is 0 Å². The molecule has 0 bridgehead atoms. The van der Waals surface area contributed by atoms with Gasteiger partial charge in [-0.25, -0.2) is 8.78 Å². The van der Waals surface area contributed by atoms with Gasteiger partial charge in [0.25, 0.3) is 5.91 Å². The number of nitrogens with zero attached hydrogens (tertiary/aromatic N) is 2. The van der Waals surface area contributed by atoms with Gasteiger partial charge >= 0.3 is 0 Å². The first-order valence-electron chi connectivity index (χ1n) is 9.70. The lowest BCUT2D eigenvalue weighted by Crippen LogP contribution is -2.58. The Morgan fingerprint density at radius 2 is 1.64 bits per heavy atom. The third kappa shape index (κ3) is 3.93. The second-order valence-corrected chi connectivity index (χ2v) is 7.62. The summed E-state index contributed by atoms with van der Waals surface area (Å²) in [6, 6.07) is 13.8. The van der Waals surface area contributed by atoms with Gasteiger partial charge in [0.05, 0.1) is 18.8 Å². The van der Waals surface area contributed by atoms with E-state index in [2.05, 4.69) is 17.0 Å². The third-order valence-corrected chi connectivity index (χ3v) is 5.73. The van der Waals surface area contributed by atoms with Gasteiger partial charge in [0.2, 0.25) is 0 Å². The van der Waals surface area contributed by atoms with Crippen molar-refractivity contribution in [1.29, 1.82) is 0 Å². The Labute approximate surface area is 163 Å². The van der Waals surface area contributed by atoms with Gasteiger partial charge in [0, 0.05) is 26.2 Å². The summed E-state index contributed by atoms with van der Waals surface area (Å²) in [4.78, 5) is 16.7. The first-order valence-corrected chi connectivity index (χ1v) is 9.70. The topological polar surface area (TPSA) is 32.8 Å². The molecule has 0 N–H and O–H groups in total. The van der Waals surface area contributed by atoms with Gasteiger partial charge in [-0.1, -0.05) is 36.4 Å². The summed E-state index contributed by atoms with van der Waals surface area (Å²) in [5, 5.41) is 0. The molecule has 1 spiro atoms. The maximum atomic E-state index is 14.0. The van der Waals surface area contributed by atoms with Gasteiger partial charge in [-0.2, -0.15) is 0 Å². The van der Waals surface area contributed by atoms with Crippen molar-refractivity contribution in [2.24, 2.45) is 0 Å². The smallest absolute Gasteiger partial charge is 0.260 e. The summed E-state index contributed by atoms with van der Waals surface area (Å²) < 4.78 is 34.1. The highest BCUT2D eigenvalue weighted by atomic mass is 19.1. The van der Waals surface area contributed by atoms with Crippen LogP contribution in [0, 0.1) is 11.6 Å². The monoisotopic (exact) mass is 386 g/mol. The molecule has 2 aromatic carbocycles. The predicted octanol–water partition coefficient (Wildman–Crippen LogP) is 3.47. The number of ether oxygens (including phenoxy) is 1. The lowest BCUT2D eigenvalue weighted by molar-refractivity contribution is -0.128. The lowest BCUT2D eigenvalue weighted by atomic mass is 9.89. The number of hydrogen-bond acceptors (Lipinski definition) is 3. The van der Waals surface area contributed by atoms with E-state index >= 15 is 0 Å². The number of carbonyl (C=O) groups is 1. The Bertz CT molecular complexity index is 815. The summed E-state index contributed by atoms with van der Waals surface area (Å²) in [6.45, 7) is 3.73. The molecule has 2 fully saturated rings. The minimum absolute atomic E-state index is 0.349. The fourth-order valence-electron chi connectivity index (χ4n) is 4.14. The normalized spacial score (nSPS) is 19.7. The molecule has 2 aliphatic rings. The van der Waals surface area contributed by atoms with Crippen LogP contribution in [0.1, 0.15) is 28.8 Å². The minimum atomic E-state index is -0.816. The van der Waals surface area contributed by atoms with Crippen LogP contribution >= 0.6 is 0 Å². The number of amides is 1. The zero-order valence-corrected chi connectivity index (χ0v) is 15.7. The van der Waals surface area contributed by atoms with Crippen molar-refractivity contribution in [3.63, 3.8) is 0 Å². The first kappa shape index (κ1) is 19.0. The highest BCUT2D eigenvalue weighted by Crippen LogP contribution is 2.31. The zero-order chi connectivity index (χ0) is 19.6. The van der Waals surface area contributed by atoms with Crippen LogP contribution in [0.4, 0.5) is 8.78 Å². The van der Waals surface area contributed by atoms with Crippen LogP contribution in [0.15, 0.2) is 48.5 Å². The molecular weight excluding hydrogens is 362 g/mol. The second-order valence-electron chi connectivity index (χ2n) is 7.62. The summed E-state index contributed by atoms with van der Waals surface area (Å²) in [7, 11) is 0. The number of halogens is 2. The quantitative estimate of drug-likeness (QED) is 0.810. The fourth-order valence-corrected chi connectivity index (χ4v) is 4.14. The van der Waals surface area contributed by atoms with E-state index in [9.17, 15) is 13.6 Å². The number of rotatable bonds is 3. The molecule has 0 saturated carbocycles. The average Bonchev–Trinajstić information content (AvgIpc) is 2.71. The fraction of sp³-hybridized carbons (Fsp3) is 0.409. The van der Waals surface area contributed by atoms with Gasteiger partial charge in [-0.05, 0) is 30.5 Å². The molecule has 0 radical (unpaired) electrons. The van der Waals surface area contributed by atoms with E-state index < -0.39 is 28.7 Å². The van der Waals surface area contributed by atoms with E-state index in [-0.39, 0.29) is 0 Å². The number of likely N-dealkylation sites (tertiary alicyclic amines) is 1. The number of hydrogen-bond donors (Lipinski definition) is 0. The molecular formula is C22H24F2N2O2. The van der Waals surface area contributed by atoms with E-state index in [1.54, 1.807) is 0 Å². The van der Waals surface area contributed by atoms with Crippen LogP contribution in [0.2, 0.25) is 0 Å². The molecule has 4 rings (SSSR count). The second kappa shape index (κ2) is 7.97. The number of benzene rings is 2. The van der Waals surface area contributed by atoms with Gasteiger partial charge in [-0.3, -0.25) is 9.69 Å². The molecule has 1 amide bonds. The molecule has 0 atom stereocenters. The van der Waals surface area contributed by atoms with Gasteiger partial charge < -0.3 is 9.64 Å². The molecule has 2 aromatic rings. The molecule has 28 heavy (non-hydrogen) atoms. The van der Waals surface area contributed by atoms with Crippen molar-refractivity contribution < 1.29 is 18.3 Å². The van der Waals surface area contributed by atoms with Crippen molar-refractivity contribution >= 4 is 5.91 Å². The maximum absolute atomic E-state index is 14.0.